The van der Waals surface area contributed by atoms with E-state index in [0.29, 0.717) is 0 Å². The Morgan fingerprint density at radius 2 is 1.86 bits per heavy atom. The summed E-state index contributed by atoms with van der Waals surface area (Å²) >= 11 is 1.68. The molecule has 0 aromatic carbocycles. The van der Waals surface area contributed by atoms with Gasteiger partial charge in [-0.25, -0.2) is 0 Å². The van der Waals surface area contributed by atoms with Crippen molar-refractivity contribution in [1.29, 1.82) is 0 Å². The zero-order chi connectivity index (χ0) is 6.12. The summed E-state index contributed by atoms with van der Waals surface area (Å²) in [6, 6.07) is 0. The van der Waals surface area contributed by atoms with Gasteiger partial charge in [0.05, 0.1) is 0 Å². The van der Waals surface area contributed by atoms with Crippen molar-refractivity contribution < 1.29 is 0 Å². The molecule has 0 saturated heterocycles. The maximum atomic E-state index is 3.00. The van der Waals surface area contributed by atoms with Gasteiger partial charge in [0.15, 0.2) is 0 Å². The second-order valence-electron chi connectivity index (χ2n) is 1.10. The summed E-state index contributed by atoms with van der Waals surface area (Å²) in [6.45, 7) is 8.23. The molecular formula is C6H13Sn+3. The van der Waals surface area contributed by atoms with Crippen molar-refractivity contribution in [2.45, 2.75) is 24.2 Å². The monoisotopic (exact) mass is 205 g/mol. The van der Waals surface area contributed by atoms with E-state index in [1.54, 1.807) is 22.5 Å². The third-order valence-electron chi connectivity index (χ3n) is 0.530. The Hall–Kier alpha value is 0.539. The van der Waals surface area contributed by atoms with E-state index in [0.717, 1.165) is 0 Å². The topological polar surface area (TPSA) is 0 Å². The Labute approximate surface area is 60.1 Å². The predicted octanol–water partition coefficient (Wildman–Crippen LogP) is 2.18. The first-order chi connectivity index (χ1) is 3.41. The Balaban J connectivity index is 0. The van der Waals surface area contributed by atoms with E-state index in [4.69, 9.17) is 0 Å². The molecule has 0 aliphatic rings. The standard InChI is InChI=1S/C4H9.C2H4.Sn/c1-3-4-2;1-2;/h1,3-4H2,2H3;1-2H2;/q;;+3. The van der Waals surface area contributed by atoms with Crippen LogP contribution in [0, 0.1) is 0 Å². The molecule has 0 aromatic heterocycles. The van der Waals surface area contributed by atoms with Crippen LogP contribution in [0.1, 0.15) is 19.8 Å². The summed E-state index contributed by atoms with van der Waals surface area (Å²) in [6.07, 6.45) is 2.80. The summed E-state index contributed by atoms with van der Waals surface area (Å²) < 4.78 is 1.43. The molecule has 7 heavy (non-hydrogen) atoms. The van der Waals surface area contributed by atoms with Crippen LogP contribution in [0.5, 0.6) is 0 Å². The molecule has 0 aliphatic heterocycles. The van der Waals surface area contributed by atoms with Gasteiger partial charge in [0.2, 0.25) is 0 Å². The molecule has 0 rings (SSSR count). The van der Waals surface area contributed by atoms with Gasteiger partial charge in [0.25, 0.3) is 0 Å². The van der Waals surface area contributed by atoms with Gasteiger partial charge in [-0.15, -0.1) is 13.2 Å². The third kappa shape index (κ3) is 20.9. The first kappa shape index (κ1) is 10.5. The van der Waals surface area contributed by atoms with E-state index in [1.165, 1.54) is 17.3 Å². The predicted molar refractivity (Wildman–Crippen MR) is 36.7 cm³/mol. The fourth-order valence-corrected chi connectivity index (χ4v) is 1.19. The van der Waals surface area contributed by atoms with Gasteiger partial charge in [0.1, 0.15) is 0 Å². The van der Waals surface area contributed by atoms with E-state index >= 15 is 0 Å². The zero-order valence-corrected chi connectivity index (χ0v) is 7.89. The molecule has 0 heterocycles. The van der Waals surface area contributed by atoms with Crippen molar-refractivity contribution in [3.05, 3.63) is 13.2 Å². The quantitative estimate of drug-likeness (QED) is 0.477. The van der Waals surface area contributed by atoms with E-state index < -0.39 is 0 Å². The average molecular weight is 204 g/mol. The molecule has 38 valence electrons. The average Bonchev–Trinajstić information content (AvgIpc) is 1.75. The second kappa shape index (κ2) is 16.0. The summed E-state index contributed by atoms with van der Waals surface area (Å²) in [5.41, 5.74) is 0. The molecule has 1 heteroatoms. The number of hydrogen-bond donors (Lipinski definition) is 0. The molecule has 0 N–H and O–H groups in total. The Morgan fingerprint density at radius 1 is 1.43 bits per heavy atom. The summed E-state index contributed by atoms with van der Waals surface area (Å²) in [7, 11) is 0. The van der Waals surface area contributed by atoms with Crippen LogP contribution >= 0.6 is 0 Å². The molecule has 0 saturated carbocycles. The minimum atomic E-state index is 1.37. The molecule has 0 bridgehead atoms. The maximum absolute atomic E-state index is 3.00. The van der Waals surface area contributed by atoms with Crippen molar-refractivity contribution in [3.8, 4) is 0 Å². The van der Waals surface area contributed by atoms with Gasteiger partial charge < -0.3 is 0 Å². The van der Waals surface area contributed by atoms with Gasteiger partial charge in [-0.05, 0) is 0 Å². The van der Waals surface area contributed by atoms with Crippen LogP contribution in [0.3, 0.4) is 0 Å². The Bertz CT molecular complexity index is 18.1. The van der Waals surface area contributed by atoms with Crippen molar-refractivity contribution in [2.24, 2.45) is 0 Å². The Kier molecular flexibility index (Phi) is 24.0. The molecule has 0 radical (unpaired) electrons. The molecule has 0 spiro atoms. The normalized spacial score (nSPS) is 6.71. The van der Waals surface area contributed by atoms with Crippen molar-refractivity contribution in [1.82, 2.24) is 0 Å². The molecule has 0 atom stereocenters. The molecule has 0 unspecified atom stereocenters. The molecule has 0 aromatic rings. The van der Waals surface area contributed by atoms with Crippen molar-refractivity contribution in [2.75, 3.05) is 0 Å². The Morgan fingerprint density at radius 3 is 1.86 bits per heavy atom. The molecular weight excluding hydrogens is 191 g/mol. The summed E-state index contributed by atoms with van der Waals surface area (Å²) in [5, 5.41) is 0. The second-order valence-corrected chi connectivity index (χ2v) is 2.53. The van der Waals surface area contributed by atoms with Crippen LogP contribution in [0.2, 0.25) is 4.44 Å². The van der Waals surface area contributed by atoms with Gasteiger partial charge in [0, 0.05) is 0 Å². The SMILES string of the molecule is C=C.CCC[CH2][Sn+3]. The van der Waals surface area contributed by atoms with Gasteiger partial charge in [-0.1, -0.05) is 0 Å². The van der Waals surface area contributed by atoms with Gasteiger partial charge in [-0.2, -0.15) is 0 Å². The van der Waals surface area contributed by atoms with Crippen LogP contribution < -0.4 is 0 Å². The van der Waals surface area contributed by atoms with Crippen LogP contribution in [-0.4, -0.2) is 22.5 Å². The van der Waals surface area contributed by atoms with Gasteiger partial charge >= 0.3 is 46.7 Å². The summed E-state index contributed by atoms with van der Waals surface area (Å²) in [5.74, 6) is 0. The molecule has 0 fully saturated rings. The number of unbranched alkanes of at least 4 members (excludes halogenated alkanes) is 1. The van der Waals surface area contributed by atoms with Crippen molar-refractivity contribution >= 4 is 22.5 Å². The van der Waals surface area contributed by atoms with Gasteiger partial charge in [-0.3, -0.25) is 0 Å². The first-order valence-electron chi connectivity index (χ1n) is 2.56. The fraction of sp³-hybridized carbons (Fsp3) is 0.667. The van der Waals surface area contributed by atoms with Crippen molar-refractivity contribution in [3.63, 3.8) is 0 Å². The fourth-order valence-electron chi connectivity index (χ4n) is 0.177. The van der Waals surface area contributed by atoms with Crippen LogP contribution in [0.4, 0.5) is 0 Å². The third-order valence-corrected chi connectivity index (χ3v) is 1.54. The van der Waals surface area contributed by atoms with Crippen LogP contribution in [0.25, 0.3) is 0 Å². The molecule has 0 nitrogen and oxygen atoms in total. The number of hydrogen-bond acceptors (Lipinski definition) is 0. The zero-order valence-electron chi connectivity index (χ0n) is 5.04. The van der Waals surface area contributed by atoms with E-state index in [-0.39, 0.29) is 0 Å². The summed E-state index contributed by atoms with van der Waals surface area (Å²) in [4.78, 5) is 0. The van der Waals surface area contributed by atoms with E-state index in [1.807, 2.05) is 0 Å². The van der Waals surface area contributed by atoms with E-state index in [2.05, 4.69) is 20.1 Å². The molecule has 0 aliphatic carbocycles. The first-order valence-corrected chi connectivity index (χ1v) is 4.58. The van der Waals surface area contributed by atoms with E-state index in [9.17, 15) is 0 Å². The van der Waals surface area contributed by atoms with Crippen LogP contribution in [0.15, 0.2) is 13.2 Å². The minimum absolute atomic E-state index is 1.37. The van der Waals surface area contributed by atoms with Crippen LogP contribution in [-0.2, 0) is 0 Å². The molecule has 0 amide bonds. The number of rotatable bonds is 2.